The molecule has 17 heavy (non-hydrogen) atoms. The summed E-state index contributed by atoms with van der Waals surface area (Å²) in [4.78, 5) is 0. The molecule has 0 fully saturated rings. The van der Waals surface area contributed by atoms with Crippen molar-refractivity contribution in [1.82, 2.24) is 15.1 Å². The first-order valence-electron chi connectivity index (χ1n) is 6.74. The molecule has 3 nitrogen and oxygen atoms in total. The van der Waals surface area contributed by atoms with Crippen molar-refractivity contribution in [3.8, 4) is 0 Å². The number of nitrogens with zero attached hydrogens (tertiary/aromatic N) is 2. The molecule has 2 rings (SSSR count). The van der Waals surface area contributed by atoms with Crippen LogP contribution in [0, 0.1) is 0 Å². The van der Waals surface area contributed by atoms with Gasteiger partial charge in [-0.3, -0.25) is 4.68 Å². The van der Waals surface area contributed by atoms with Crippen LogP contribution in [0.3, 0.4) is 0 Å². The van der Waals surface area contributed by atoms with Crippen molar-refractivity contribution in [2.75, 3.05) is 0 Å². The molecule has 0 bridgehead atoms. The van der Waals surface area contributed by atoms with Gasteiger partial charge in [-0.05, 0) is 45.6 Å². The standard InChI is InChI=1S/C14H23N3/c1-3-17-10-9-14(16-17)11-15-12(2)13-7-5-4-6-8-13/h7,9-10,12,15H,3-6,8,11H2,1-2H3. The summed E-state index contributed by atoms with van der Waals surface area (Å²) in [6, 6.07) is 2.58. The van der Waals surface area contributed by atoms with Crippen LogP contribution >= 0.6 is 0 Å². The predicted octanol–water partition coefficient (Wildman–Crippen LogP) is 2.88. The van der Waals surface area contributed by atoms with Gasteiger partial charge in [0.15, 0.2) is 0 Å². The fraction of sp³-hybridized carbons (Fsp3) is 0.643. The molecule has 0 radical (unpaired) electrons. The van der Waals surface area contributed by atoms with E-state index >= 15 is 0 Å². The third-order valence-electron chi connectivity index (χ3n) is 3.49. The predicted molar refractivity (Wildman–Crippen MR) is 70.8 cm³/mol. The van der Waals surface area contributed by atoms with Crippen LogP contribution in [-0.4, -0.2) is 15.8 Å². The van der Waals surface area contributed by atoms with Crippen molar-refractivity contribution in [2.24, 2.45) is 0 Å². The molecule has 0 aliphatic heterocycles. The monoisotopic (exact) mass is 233 g/mol. The summed E-state index contributed by atoms with van der Waals surface area (Å²) in [5.41, 5.74) is 2.71. The molecule has 1 aliphatic carbocycles. The Morgan fingerprint density at radius 3 is 3.00 bits per heavy atom. The molecule has 0 spiro atoms. The zero-order valence-electron chi connectivity index (χ0n) is 10.9. The molecular formula is C14H23N3. The Morgan fingerprint density at radius 1 is 1.47 bits per heavy atom. The van der Waals surface area contributed by atoms with Gasteiger partial charge in [0.2, 0.25) is 0 Å². The molecule has 1 heterocycles. The Balaban J connectivity index is 1.82. The van der Waals surface area contributed by atoms with Crippen molar-refractivity contribution < 1.29 is 0 Å². The van der Waals surface area contributed by atoms with Gasteiger partial charge in [0.25, 0.3) is 0 Å². The average Bonchev–Trinajstić information content (AvgIpc) is 2.85. The van der Waals surface area contributed by atoms with E-state index in [1.54, 1.807) is 5.57 Å². The third kappa shape index (κ3) is 3.43. The third-order valence-corrected chi connectivity index (χ3v) is 3.49. The SMILES string of the molecule is CCn1ccc(CNC(C)C2=CCCCC2)n1. The minimum absolute atomic E-state index is 0.488. The van der Waals surface area contributed by atoms with Gasteiger partial charge in [0, 0.05) is 25.3 Å². The Hall–Kier alpha value is -1.09. The normalized spacial score (nSPS) is 17.9. The number of hydrogen-bond acceptors (Lipinski definition) is 2. The Morgan fingerprint density at radius 2 is 2.35 bits per heavy atom. The minimum atomic E-state index is 0.488. The fourth-order valence-corrected chi connectivity index (χ4v) is 2.32. The first kappa shape index (κ1) is 12.4. The van der Waals surface area contributed by atoms with Gasteiger partial charge in [0.1, 0.15) is 0 Å². The van der Waals surface area contributed by atoms with E-state index < -0.39 is 0 Å². The highest BCUT2D eigenvalue weighted by Crippen LogP contribution is 2.20. The van der Waals surface area contributed by atoms with Crippen LogP contribution in [0.2, 0.25) is 0 Å². The summed E-state index contributed by atoms with van der Waals surface area (Å²) in [7, 11) is 0. The first-order valence-corrected chi connectivity index (χ1v) is 6.74. The molecule has 1 aromatic rings. The maximum absolute atomic E-state index is 4.48. The van der Waals surface area contributed by atoms with Crippen LogP contribution in [0.5, 0.6) is 0 Å². The Labute approximate surface area is 104 Å². The minimum Gasteiger partial charge on any atom is -0.305 e. The summed E-state index contributed by atoms with van der Waals surface area (Å²) in [6.45, 7) is 6.18. The maximum atomic E-state index is 4.48. The van der Waals surface area contributed by atoms with Gasteiger partial charge >= 0.3 is 0 Å². The van der Waals surface area contributed by atoms with Gasteiger partial charge in [-0.25, -0.2) is 0 Å². The largest absolute Gasteiger partial charge is 0.305 e. The summed E-state index contributed by atoms with van der Waals surface area (Å²) in [6.07, 6.45) is 9.68. The topological polar surface area (TPSA) is 29.9 Å². The van der Waals surface area contributed by atoms with E-state index in [9.17, 15) is 0 Å². The lowest BCUT2D eigenvalue weighted by atomic mass is 9.95. The number of aromatic nitrogens is 2. The zero-order chi connectivity index (χ0) is 12.1. The summed E-state index contributed by atoms with van der Waals surface area (Å²) >= 11 is 0. The lowest BCUT2D eigenvalue weighted by molar-refractivity contribution is 0.547. The highest BCUT2D eigenvalue weighted by atomic mass is 15.3. The number of aryl methyl sites for hydroxylation is 1. The smallest absolute Gasteiger partial charge is 0.0762 e. The molecule has 1 unspecified atom stereocenters. The fourth-order valence-electron chi connectivity index (χ4n) is 2.32. The highest BCUT2D eigenvalue weighted by molar-refractivity contribution is 5.12. The molecular weight excluding hydrogens is 210 g/mol. The first-order chi connectivity index (χ1) is 8.29. The number of rotatable bonds is 5. The quantitative estimate of drug-likeness (QED) is 0.793. The van der Waals surface area contributed by atoms with Crippen LogP contribution in [-0.2, 0) is 13.1 Å². The lowest BCUT2D eigenvalue weighted by Gasteiger charge is -2.20. The molecule has 94 valence electrons. The lowest BCUT2D eigenvalue weighted by Crippen LogP contribution is -2.28. The van der Waals surface area contributed by atoms with Crippen LogP contribution in [0.15, 0.2) is 23.9 Å². The van der Waals surface area contributed by atoms with Crippen LogP contribution in [0.1, 0.15) is 45.2 Å². The molecule has 0 amide bonds. The van der Waals surface area contributed by atoms with Crippen molar-refractivity contribution in [3.05, 3.63) is 29.6 Å². The van der Waals surface area contributed by atoms with Crippen molar-refractivity contribution in [3.63, 3.8) is 0 Å². The van der Waals surface area contributed by atoms with Crippen LogP contribution < -0.4 is 5.32 Å². The Bertz CT molecular complexity index is 379. The van der Waals surface area contributed by atoms with Crippen molar-refractivity contribution >= 4 is 0 Å². The number of allylic oxidation sites excluding steroid dienone is 1. The van der Waals surface area contributed by atoms with E-state index in [-0.39, 0.29) is 0 Å². The second-order valence-electron chi connectivity index (χ2n) is 4.79. The molecule has 0 saturated heterocycles. The van der Waals surface area contributed by atoms with E-state index in [4.69, 9.17) is 0 Å². The number of hydrogen-bond donors (Lipinski definition) is 1. The van der Waals surface area contributed by atoms with E-state index in [2.05, 4.69) is 36.4 Å². The summed E-state index contributed by atoms with van der Waals surface area (Å²) in [5.74, 6) is 0. The number of nitrogens with one attached hydrogen (secondary N) is 1. The maximum Gasteiger partial charge on any atom is 0.0762 e. The van der Waals surface area contributed by atoms with Gasteiger partial charge in [0.05, 0.1) is 5.69 Å². The van der Waals surface area contributed by atoms with Gasteiger partial charge < -0.3 is 5.32 Å². The van der Waals surface area contributed by atoms with Crippen molar-refractivity contribution in [2.45, 2.75) is 58.7 Å². The van der Waals surface area contributed by atoms with E-state index in [0.29, 0.717) is 6.04 Å². The van der Waals surface area contributed by atoms with Crippen molar-refractivity contribution in [1.29, 1.82) is 0 Å². The Kier molecular flexibility index (Phi) is 4.37. The summed E-state index contributed by atoms with van der Waals surface area (Å²) in [5, 5.41) is 8.04. The molecule has 1 atom stereocenters. The van der Waals surface area contributed by atoms with Gasteiger partial charge in [-0.15, -0.1) is 0 Å². The van der Waals surface area contributed by atoms with E-state index in [1.807, 2.05) is 10.9 Å². The molecule has 1 aliphatic rings. The summed E-state index contributed by atoms with van der Waals surface area (Å²) < 4.78 is 1.97. The second kappa shape index (κ2) is 6.01. The van der Waals surface area contributed by atoms with E-state index in [0.717, 1.165) is 18.8 Å². The second-order valence-corrected chi connectivity index (χ2v) is 4.79. The molecule has 0 saturated carbocycles. The molecule has 0 aromatic carbocycles. The van der Waals surface area contributed by atoms with E-state index in [1.165, 1.54) is 25.7 Å². The van der Waals surface area contributed by atoms with Gasteiger partial charge in [-0.1, -0.05) is 11.6 Å². The molecule has 1 N–H and O–H groups in total. The van der Waals surface area contributed by atoms with Crippen LogP contribution in [0.25, 0.3) is 0 Å². The molecule has 1 aromatic heterocycles. The van der Waals surface area contributed by atoms with Gasteiger partial charge in [-0.2, -0.15) is 5.10 Å². The van der Waals surface area contributed by atoms with Crippen LogP contribution in [0.4, 0.5) is 0 Å². The highest BCUT2D eigenvalue weighted by Gasteiger charge is 2.11. The zero-order valence-corrected chi connectivity index (χ0v) is 10.9. The molecule has 3 heteroatoms. The average molecular weight is 233 g/mol.